The van der Waals surface area contributed by atoms with E-state index in [0.29, 0.717) is 6.42 Å². The van der Waals surface area contributed by atoms with Gasteiger partial charge >= 0.3 is 0 Å². The predicted molar refractivity (Wildman–Crippen MR) is 69.6 cm³/mol. The van der Waals surface area contributed by atoms with E-state index in [0.717, 1.165) is 30.1 Å². The van der Waals surface area contributed by atoms with Gasteiger partial charge < -0.3 is 20.5 Å². The molecule has 0 radical (unpaired) electrons. The van der Waals surface area contributed by atoms with Crippen LogP contribution in [0.1, 0.15) is 30.6 Å². The van der Waals surface area contributed by atoms with Crippen LogP contribution in [-0.2, 0) is 17.6 Å². The molecule has 106 valence electrons. The van der Waals surface area contributed by atoms with Crippen LogP contribution >= 0.6 is 0 Å². The van der Waals surface area contributed by atoms with Crippen molar-refractivity contribution in [2.75, 3.05) is 13.2 Å². The largest absolute Gasteiger partial charge is 0.394 e. The molecule has 4 N–H and O–H groups in total. The molecular formula is C13H21N3O3. The third-order valence-electron chi connectivity index (χ3n) is 3.66. The first-order valence-electron chi connectivity index (χ1n) is 6.55. The molecule has 1 aromatic rings. The number of fused-ring (bicyclic) bond motifs is 1. The van der Waals surface area contributed by atoms with Crippen molar-refractivity contribution in [2.45, 2.75) is 38.6 Å². The number of amides is 1. The highest BCUT2D eigenvalue weighted by atomic mass is 16.3. The summed E-state index contributed by atoms with van der Waals surface area (Å²) in [4.78, 5) is 19.7. The molecule has 6 heteroatoms. The number of hydrogen-bond acceptors (Lipinski definition) is 4. The summed E-state index contributed by atoms with van der Waals surface area (Å²) in [6.07, 6.45) is 2.16. The number of aliphatic hydroxyl groups excluding tert-OH is 2. The van der Waals surface area contributed by atoms with Gasteiger partial charge in [-0.05, 0) is 26.7 Å². The lowest BCUT2D eigenvalue weighted by Crippen LogP contribution is -2.54. The van der Waals surface area contributed by atoms with Gasteiger partial charge in [-0.1, -0.05) is 0 Å². The summed E-state index contributed by atoms with van der Waals surface area (Å²) in [5, 5.41) is 21.1. The molecule has 1 heterocycles. The van der Waals surface area contributed by atoms with Gasteiger partial charge in [0, 0.05) is 18.0 Å². The predicted octanol–water partition coefficient (Wildman–Crippen LogP) is -0.317. The minimum Gasteiger partial charge on any atom is -0.394 e. The average Bonchev–Trinajstić information content (AvgIpc) is 2.77. The van der Waals surface area contributed by atoms with E-state index in [1.165, 1.54) is 0 Å². The molecule has 2 rings (SSSR count). The third kappa shape index (κ3) is 2.96. The van der Waals surface area contributed by atoms with Gasteiger partial charge in [0.1, 0.15) is 5.82 Å². The van der Waals surface area contributed by atoms with E-state index in [-0.39, 0.29) is 25.0 Å². The van der Waals surface area contributed by atoms with Gasteiger partial charge in [-0.25, -0.2) is 4.98 Å². The third-order valence-corrected chi connectivity index (χ3v) is 3.66. The lowest BCUT2D eigenvalue weighted by atomic mass is 9.88. The number of aryl methyl sites for hydroxylation is 2. The van der Waals surface area contributed by atoms with Gasteiger partial charge in [0.25, 0.3) is 0 Å². The summed E-state index contributed by atoms with van der Waals surface area (Å²) in [5.41, 5.74) is 1.12. The number of hydrogen-bond donors (Lipinski definition) is 4. The normalized spacial score (nSPS) is 19.1. The highest BCUT2D eigenvalue weighted by molar-refractivity contribution is 5.80. The standard InChI is InChI=1S/C13H21N3O3/c1-8-14-10-4-3-9(5-11(10)15-8)12(19)16-13(2,6-17)7-18/h9,17-18H,3-7H2,1-2H3,(H,14,15)(H,16,19). The molecule has 0 bridgehead atoms. The van der Waals surface area contributed by atoms with Gasteiger partial charge in [-0.15, -0.1) is 0 Å². The zero-order valence-electron chi connectivity index (χ0n) is 11.4. The molecule has 1 aliphatic rings. The number of nitrogens with zero attached hydrogens (tertiary/aromatic N) is 1. The zero-order valence-corrected chi connectivity index (χ0v) is 11.4. The summed E-state index contributed by atoms with van der Waals surface area (Å²) in [5.74, 6) is 0.620. The second kappa shape index (κ2) is 5.30. The van der Waals surface area contributed by atoms with Crippen LogP contribution in [0, 0.1) is 12.8 Å². The monoisotopic (exact) mass is 267 g/mol. The lowest BCUT2D eigenvalue weighted by Gasteiger charge is -2.29. The summed E-state index contributed by atoms with van der Waals surface area (Å²) in [6.45, 7) is 2.97. The van der Waals surface area contributed by atoms with E-state index < -0.39 is 5.54 Å². The maximum Gasteiger partial charge on any atom is 0.224 e. The molecule has 0 aliphatic heterocycles. The number of aromatic amines is 1. The van der Waals surface area contributed by atoms with Crippen molar-refractivity contribution in [1.82, 2.24) is 15.3 Å². The van der Waals surface area contributed by atoms with E-state index in [1.54, 1.807) is 6.92 Å². The van der Waals surface area contributed by atoms with Crippen LogP contribution < -0.4 is 5.32 Å². The summed E-state index contributed by atoms with van der Waals surface area (Å²) in [7, 11) is 0. The van der Waals surface area contributed by atoms with E-state index >= 15 is 0 Å². The Kier molecular flexibility index (Phi) is 3.91. The molecule has 0 saturated heterocycles. The fourth-order valence-corrected chi connectivity index (χ4v) is 2.38. The molecular weight excluding hydrogens is 246 g/mol. The van der Waals surface area contributed by atoms with Gasteiger partial charge in [0.2, 0.25) is 5.91 Å². The van der Waals surface area contributed by atoms with E-state index in [9.17, 15) is 15.0 Å². The van der Waals surface area contributed by atoms with Crippen LogP contribution in [0.4, 0.5) is 0 Å². The number of H-pyrrole nitrogens is 1. The van der Waals surface area contributed by atoms with Gasteiger partial charge in [0.05, 0.1) is 24.4 Å². The highest BCUT2D eigenvalue weighted by Crippen LogP contribution is 2.24. The topological polar surface area (TPSA) is 98.2 Å². The van der Waals surface area contributed by atoms with Crippen LogP contribution in [-0.4, -0.2) is 44.8 Å². The van der Waals surface area contributed by atoms with E-state index in [2.05, 4.69) is 15.3 Å². The Hall–Kier alpha value is -1.40. The lowest BCUT2D eigenvalue weighted by molar-refractivity contribution is -0.128. The minimum atomic E-state index is -0.957. The van der Waals surface area contributed by atoms with Crippen molar-refractivity contribution in [3.8, 4) is 0 Å². The molecule has 1 amide bonds. The number of carbonyl (C=O) groups excluding carboxylic acids is 1. The summed E-state index contributed by atoms with van der Waals surface area (Å²) in [6, 6.07) is 0. The number of rotatable bonds is 4. The minimum absolute atomic E-state index is 0.122. The Bertz CT molecular complexity index is 466. The van der Waals surface area contributed by atoms with Gasteiger partial charge in [0.15, 0.2) is 0 Å². The van der Waals surface area contributed by atoms with Gasteiger partial charge in [-0.2, -0.15) is 0 Å². The Labute approximate surface area is 112 Å². The van der Waals surface area contributed by atoms with Crippen molar-refractivity contribution in [3.05, 3.63) is 17.2 Å². The van der Waals surface area contributed by atoms with Crippen LogP contribution in [0.25, 0.3) is 0 Å². The molecule has 6 nitrogen and oxygen atoms in total. The number of imidazole rings is 1. The summed E-state index contributed by atoms with van der Waals surface area (Å²) >= 11 is 0. The average molecular weight is 267 g/mol. The zero-order chi connectivity index (χ0) is 14.0. The second-order valence-electron chi connectivity index (χ2n) is 5.55. The molecule has 0 aromatic carbocycles. The Morgan fingerprint density at radius 1 is 1.53 bits per heavy atom. The molecule has 0 fully saturated rings. The van der Waals surface area contributed by atoms with E-state index in [4.69, 9.17) is 0 Å². The molecule has 1 aliphatic carbocycles. The van der Waals surface area contributed by atoms with Crippen molar-refractivity contribution >= 4 is 5.91 Å². The SMILES string of the molecule is Cc1nc2c([nH]1)CC(C(=O)NC(C)(CO)CO)CC2. The first kappa shape index (κ1) is 14.0. The van der Waals surface area contributed by atoms with E-state index in [1.807, 2.05) is 6.92 Å². The summed E-state index contributed by atoms with van der Waals surface area (Å²) < 4.78 is 0. The maximum atomic E-state index is 12.2. The fraction of sp³-hybridized carbons (Fsp3) is 0.692. The number of nitrogens with one attached hydrogen (secondary N) is 2. The molecule has 1 unspecified atom stereocenters. The maximum absolute atomic E-state index is 12.2. The Morgan fingerprint density at radius 2 is 2.21 bits per heavy atom. The van der Waals surface area contributed by atoms with Crippen molar-refractivity contribution in [1.29, 1.82) is 0 Å². The Morgan fingerprint density at radius 3 is 2.84 bits per heavy atom. The quantitative estimate of drug-likeness (QED) is 0.601. The highest BCUT2D eigenvalue weighted by Gasteiger charge is 2.31. The van der Waals surface area contributed by atoms with Crippen LogP contribution in [0.3, 0.4) is 0 Å². The van der Waals surface area contributed by atoms with Crippen molar-refractivity contribution < 1.29 is 15.0 Å². The van der Waals surface area contributed by atoms with Crippen LogP contribution in [0.5, 0.6) is 0 Å². The first-order valence-corrected chi connectivity index (χ1v) is 6.55. The smallest absolute Gasteiger partial charge is 0.224 e. The molecule has 0 saturated carbocycles. The fourth-order valence-electron chi connectivity index (χ4n) is 2.38. The van der Waals surface area contributed by atoms with Crippen LogP contribution in [0.2, 0.25) is 0 Å². The second-order valence-corrected chi connectivity index (χ2v) is 5.55. The van der Waals surface area contributed by atoms with Gasteiger partial charge in [-0.3, -0.25) is 4.79 Å². The van der Waals surface area contributed by atoms with Crippen molar-refractivity contribution in [3.63, 3.8) is 0 Å². The van der Waals surface area contributed by atoms with Crippen molar-refractivity contribution in [2.24, 2.45) is 5.92 Å². The first-order chi connectivity index (χ1) is 8.97. The van der Waals surface area contributed by atoms with Crippen LogP contribution in [0.15, 0.2) is 0 Å². The molecule has 1 atom stereocenters. The number of aliphatic hydroxyl groups is 2. The molecule has 0 spiro atoms. The molecule has 1 aromatic heterocycles. The molecule has 19 heavy (non-hydrogen) atoms. The number of aromatic nitrogens is 2. The Balaban J connectivity index is 2.02. The number of carbonyl (C=O) groups is 1.